The first kappa shape index (κ1) is 12.6. The van der Waals surface area contributed by atoms with Crippen LogP contribution in [-0.2, 0) is 4.79 Å². The van der Waals surface area contributed by atoms with E-state index < -0.39 is 0 Å². The zero-order valence-electron chi connectivity index (χ0n) is 10.3. The number of amides is 1. The molecule has 3 N–H and O–H groups in total. The summed E-state index contributed by atoms with van der Waals surface area (Å²) < 4.78 is 7.72. The molecule has 0 radical (unpaired) electrons. The van der Waals surface area contributed by atoms with E-state index >= 15 is 0 Å². The SMILES string of the molecule is COc1cccc2c1[nH]c(=S)n2C(C)CC(N)=O. The van der Waals surface area contributed by atoms with E-state index in [1.54, 1.807) is 7.11 Å². The average molecular weight is 265 g/mol. The number of methoxy groups -OCH3 is 1. The van der Waals surface area contributed by atoms with E-state index in [1.165, 1.54) is 0 Å². The topological polar surface area (TPSA) is 73.0 Å². The Bertz CT molecular complexity index is 644. The van der Waals surface area contributed by atoms with Crippen LogP contribution in [0.4, 0.5) is 0 Å². The molecule has 6 heteroatoms. The first-order valence-electron chi connectivity index (χ1n) is 5.60. The summed E-state index contributed by atoms with van der Waals surface area (Å²) in [7, 11) is 1.61. The van der Waals surface area contributed by atoms with Gasteiger partial charge in [0.1, 0.15) is 11.3 Å². The molecule has 2 rings (SSSR count). The van der Waals surface area contributed by atoms with Gasteiger partial charge in [0.15, 0.2) is 4.77 Å². The van der Waals surface area contributed by atoms with E-state index in [0.717, 1.165) is 16.8 Å². The van der Waals surface area contributed by atoms with Gasteiger partial charge in [-0.25, -0.2) is 0 Å². The summed E-state index contributed by atoms with van der Waals surface area (Å²) in [5.41, 5.74) is 6.97. The molecule has 0 saturated heterocycles. The van der Waals surface area contributed by atoms with Gasteiger partial charge in [0.25, 0.3) is 0 Å². The predicted octanol–water partition coefficient (Wildman–Crippen LogP) is 2.14. The molecule has 2 aromatic rings. The minimum atomic E-state index is -0.346. The highest BCUT2D eigenvalue weighted by Crippen LogP contribution is 2.27. The maximum absolute atomic E-state index is 11.0. The van der Waals surface area contributed by atoms with Crippen molar-refractivity contribution in [1.29, 1.82) is 0 Å². The number of nitrogens with zero attached hydrogens (tertiary/aromatic N) is 1. The Hall–Kier alpha value is -1.82. The van der Waals surface area contributed by atoms with Gasteiger partial charge in [-0.3, -0.25) is 4.79 Å². The molecule has 18 heavy (non-hydrogen) atoms. The van der Waals surface area contributed by atoms with Crippen LogP contribution < -0.4 is 10.5 Å². The number of carbonyl (C=O) groups excluding carboxylic acids is 1. The van der Waals surface area contributed by atoms with Gasteiger partial charge in [0.05, 0.1) is 12.6 Å². The number of benzene rings is 1. The summed E-state index contributed by atoms with van der Waals surface area (Å²) in [5.74, 6) is 0.380. The molecule has 1 amide bonds. The van der Waals surface area contributed by atoms with Gasteiger partial charge in [-0.1, -0.05) is 6.07 Å². The Morgan fingerprint density at radius 1 is 1.61 bits per heavy atom. The van der Waals surface area contributed by atoms with Gasteiger partial charge < -0.3 is 20.0 Å². The number of carbonyl (C=O) groups is 1. The molecule has 1 aromatic carbocycles. The molecular formula is C12H15N3O2S. The minimum Gasteiger partial charge on any atom is -0.494 e. The predicted molar refractivity (Wildman–Crippen MR) is 72.2 cm³/mol. The summed E-state index contributed by atoms with van der Waals surface area (Å²) in [6.45, 7) is 1.91. The van der Waals surface area contributed by atoms with Crippen LogP contribution in [0.15, 0.2) is 18.2 Å². The molecule has 0 spiro atoms. The van der Waals surface area contributed by atoms with E-state index in [-0.39, 0.29) is 18.4 Å². The van der Waals surface area contributed by atoms with Crippen molar-refractivity contribution < 1.29 is 9.53 Å². The number of ether oxygens (including phenoxy) is 1. The van der Waals surface area contributed by atoms with Gasteiger partial charge in [-0.05, 0) is 31.3 Å². The molecule has 0 aliphatic rings. The second-order valence-electron chi connectivity index (χ2n) is 4.17. The summed E-state index contributed by atoms with van der Waals surface area (Å²) in [4.78, 5) is 14.1. The number of hydrogen-bond acceptors (Lipinski definition) is 3. The summed E-state index contributed by atoms with van der Waals surface area (Å²) in [5, 5.41) is 0. The Kier molecular flexibility index (Phi) is 3.38. The zero-order chi connectivity index (χ0) is 13.3. The highest BCUT2D eigenvalue weighted by molar-refractivity contribution is 7.71. The lowest BCUT2D eigenvalue weighted by atomic mass is 10.2. The minimum absolute atomic E-state index is 0.0872. The number of nitrogens with one attached hydrogen (secondary N) is 1. The first-order valence-corrected chi connectivity index (χ1v) is 6.01. The van der Waals surface area contributed by atoms with Crippen LogP contribution in [0.2, 0.25) is 0 Å². The van der Waals surface area contributed by atoms with Crippen molar-refractivity contribution in [2.24, 2.45) is 5.73 Å². The smallest absolute Gasteiger partial charge is 0.219 e. The molecule has 0 fully saturated rings. The molecular weight excluding hydrogens is 250 g/mol. The molecule has 0 aliphatic carbocycles. The number of hydrogen-bond donors (Lipinski definition) is 2. The van der Waals surface area contributed by atoms with Crippen LogP contribution in [0, 0.1) is 4.77 Å². The second kappa shape index (κ2) is 4.81. The monoisotopic (exact) mass is 265 g/mol. The standard InChI is InChI=1S/C12H15N3O2S/c1-7(6-10(13)16)15-8-4-3-5-9(17-2)11(8)14-12(15)18/h3-5,7H,6H2,1-2H3,(H2,13,16)(H,14,18). The molecule has 1 unspecified atom stereocenters. The summed E-state index contributed by atoms with van der Waals surface area (Å²) in [6, 6.07) is 5.59. The maximum Gasteiger partial charge on any atom is 0.219 e. The van der Waals surface area contributed by atoms with Crippen LogP contribution in [0.1, 0.15) is 19.4 Å². The van der Waals surface area contributed by atoms with E-state index in [0.29, 0.717) is 4.77 Å². The Labute approximate surface area is 110 Å². The number of nitrogens with two attached hydrogens (primary N) is 1. The fraction of sp³-hybridized carbons (Fsp3) is 0.333. The third-order valence-electron chi connectivity index (χ3n) is 2.87. The lowest BCUT2D eigenvalue weighted by molar-refractivity contribution is -0.118. The number of fused-ring (bicyclic) bond motifs is 1. The first-order chi connectivity index (χ1) is 8.54. The second-order valence-corrected chi connectivity index (χ2v) is 4.56. The average Bonchev–Trinajstić information content (AvgIpc) is 2.63. The van der Waals surface area contributed by atoms with Gasteiger partial charge >= 0.3 is 0 Å². The number of aromatic nitrogens is 2. The molecule has 0 saturated carbocycles. The number of H-pyrrole nitrogens is 1. The van der Waals surface area contributed by atoms with Crippen molar-refractivity contribution >= 4 is 29.2 Å². The third kappa shape index (κ3) is 2.11. The highest BCUT2D eigenvalue weighted by atomic mass is 32.1. The number of imidazole rings is 1. The van der Waals surface area contributed by atoms with Crippen LogP contribution in [0.3, 0.4) is 0 Å². The van der Waals surface area contributed by atoms with Crippen molar-refractivity contribution in [3.8, 4) is 5.75 Å². The van der Waals surface area contributed by atoms with E-state index in [1.807, 2.05) is 29.7 Å². The Morgan fingerprint density at radius 3 is 2.94 bits per heavy atom. The fourth-order valence-corrected chi connectivity index (χ4v) is 2.49. The molecule has 96 valence electrons. The number of para-hydroxylation sites is 1. The third-order valence-corrected chi connectivity index (χ3v) is 3.17. The van der Waals surface area contributed by atoms with Crippen LogP contribution in [0.5, 0.6) is 5.75 Å². The van der Waals surface area contributed by atoms with Gasteiger partial charge in [-0.15, -0.1) is 0 Å². The number of primary amides is 1. The van der Waals surface area contributed by atoms with Crippen molar-refractivity contribution in [1.82, 2.24) is 9.55 Å². The van der Waals surface area contributed by atoms with Gasteiger partial charge in [0, 0.05) is 12.5 Å². The van der Waals surface area contributed by atoms with Crippen LogP contribution in [0.25, 0.3) is 11.0 Å². The van der Waals surface area contributed by atoms with Crippen molar-refractivity contribution in [2.75, 3.05) is 7.11 Å². The van der Waals surface area contributed by atoms with E-state index in [9.17, 15) is 4.79 Å². The maximum atomic E-state index is 11.0. The van der Waals surface area contributed by atoms with Crippen LogP contribution in [-0.4, -0.2) is 22.6 Å². The van der Waals surface area contributed by atoms with Crippen molar-refractivity contribution in [3.63, 3.8) is 0 Å². The Morgan fingerprint density at radius 2 is 2.33 bits per heavy atom. The zero-order valence-corrected chi connectivity index (χ0v) is 11.1. The van der Waals surface area contributed by atoms with E-state index in [4.69, 9.17) is 22.7 Å². The summed E-state index contributed by atoms with van der Waals surface area (Å²) >= 11 is 5.29. The molecule has 1 heterocycles. The van der Waals surface area contributed by atoms with Crippen molar-refractivity contribution in [3.05, 3.63) is 23.0 Å². The lowest BCUT2D eigenvalue weighted by Gasteiger charge is -2.12. The number of aromatic amines is 1. The Balaban J connectivity index is 2.61. The fourth-order valence-electron chi connectivity index (χ4n) is 2.11. The molecule has 1 atom stereocenters. The number of rotatable bonds is 4. The van der Waals surface area contributed by atoms with Gasteiger partial charge in [0.2, 0.25) is 5.91 Å². The quantitative estimate of drug-likeness (QED) is 0.832. The summed E-state index contributed by atoms with van der Waals surface area (Å²) in [6.07, 6.45) is 0.248. The van der Waals surface area contributed by atoms with Gasteiger partial charge in [-0.2, -0.15) is 0 Å². The lowest BCUT2D eigenvalue weighted by Crippen LogP contribution is -2.17. The normalized spacial score (nSPS) is 12.6. The molecule has 0 bridgehead atoms. The molecule has 1 aromatic heterocycles. The molecule has 0 aliphatic heterocycles. The highest BCUT2D eigenvalue weighted by Gasteiger charge is 2.15. The van der Waals surface area contributed by atoms with E-state index in [2.05, 4.69) is 4.98 Å². The molecule has 5 nitrogen and oxygen atoms in total. The largest absolute Gasteiger partial charge is 0.494 e. The van der Waals surface area contributed by atoms with Crippen molar-refractivity contribution in [2.45, 2.75) is 19.4 Å². The van der Waals surface area contributed by atoms with Crippen LogP contribution >= 0.6 is 12.2 Å².